The largest absolute Gasteiger partial charge is 0.197 e. The first-order valence-electron chi connectivity index (χ1n) is 2.56. The Morgan fingerprint density at radius 2 is 1.29 bits per heavy atom. The van der Waals surface area contributed by atoms with Crippen LogP contribution in [0.5, 0.6) is 0 Å². The van der Waals surface area contributed by atoms with Crippen LogP contribution in [0.15, 0.2) is 0 Å². The molecule has 7 heavy (non-hydrogen) atoms. The van der Waals surface area contributed by atoms with Crippen LogP contribution >= 0.6 is 13.5 Å². The first-order valence-corrected chi connectivity index (χ1v) is 2.56. The molecule has 0 aliphatic carbocycles. The summed E-state index contributed by atoms with van der Waals surface area (Å²) >= 11 is 0. The molecule has 0 saturated heterocycles. The summed E-state index contributed by atoms with van der Waals surface area (Å²) in [5, 5.41) is 0. The average Bonchev–Trinajstić information content (AvgIpc) is 1.35. The van der Waals surface area contributed by atoms with Gasteiger partial charge in [0.05, 0.1) is 0 Å². The van der Waals surface area contributed by atoms with E-state index in [0.717, 1.165) is 0 Å². The fourth-order valence-electron chi connectivity index (χ4n) is 0. The van der Waals surface area contributed by atoms with E-state index in [0.29, 0.717) is 5.41 Å². The summed E-state index contributed by atoms with van der Waals surface area (Å²) in [4.78, 5) is 0. The Labute approximate surface area is 53.8 Å². The van der Waals surface area contributed by atoms with Crippen molar-refractivity contribution in [2.45, 2.75) is 34.1 Å². The molecule has 0 atom stereocenters. The second-order valence-corrected chi connectivity index (χ2v) is 2.91. The van der Waals surface area contributed by atoms with E-state index in [1.54, 1.807) is 0 Å². The lowest BCUT2D eigenvalue weighted by Crippen LogP contribution is -2.00. The van der Waals surface area contributed by atoms with Crippen LogP contribution < -0.4 is 0 Å². The van der Waals surface area contributed by atoms with Crippen molar-refractivity contribution in [3.8, 4) is 0 Å². The van der Waals surface area contributed by atoms with E-state index >= 15 is 0 Å². The first-order chi connectivity index (χ1) is 2.56. The second-order valence-electron chi connectivity index (χ2n) is 2.91. The molecule has 46 valence electrons. The highest BCUT2D eigenvalue weighted by molar-refractivity contribution is 7.59. The van der Waals surface area contributed by atoms with Gasteiger partial charge < -0.3 is 0 Å². The predicted molar refractivity (Wildman–Crippen MR) is 40.1 cm³/mol. The zero-order valence-corrected chi connectivity index (χ0v) is 6.71. The van der Waals surface area contributed by atoms with Crippen molar-refractivity contribution in [1.29, 1.82) is 0 Å². The molecule has 0 heterocycles. The van der Waals surface area contributed by atoms with Gasteiger partial charge in [-0.05, 0) is 5.41 Å². The fourth-order valence-corrected chi connectivity index (χ4v) is 0. The third-order valence-corrected chi connectivity index (χ3v) is 1.06. The van der Waals surface area contributed by atoms with Crippen LogP contribution in [0.1, 0.15) is 34.1 Å². The van der Waals surface area contributed by atoms with E-state index in [2.05, 4.69) is 27.7 Å². The molecule has 0 saturated carbocycles. The zero-order valence-electron chi connectivity index (χ0n) is 5.71. The summed E-state index contributed by atoms with van der Waals surface area (Å²) in [5.41, 5.74) is 0.542. The molecule has 0 aromatic rings. The molecule has 0 N–H and O–H groups in total. The van der Waals surface area contributed by atoms with Gasteiger partial charge in [-0.3, -0.25) is 0 Å². The summed E-state index contributed by atoms with van der Waals surface area (Å²) in [7, 11) is 0. The summed E-state index contributed by atoms with van der Waals surface area (Å²) < 4.78 is 0. The Balaban J connectivity index is 0. The molecule has 0 rings (SSSR count). The summed E-state index contributed by atoms with van der Waals surface area (Å²) in [5.74, 6) is 0. The molecular weight excluding hydrogens is 104 g/mol. The molecule has 1 heteroatoms. The predicted octanol–water partition coefficient (Wildman–Crippen LogP) is 2.56. The van der Waals surface area contributed by atoms with Crippen molar-refractivity contribution < 1.29 is 0 Å². The minimum Gasteiger partial charge on any atom is -0.197 e. The van der Waals surface area contributed by atoms with Gasteiger partial charge in [0.1, 0.15) is 0 Å². The van der Waals surface area contributed by atoms with Gasteiger partial charge in [-0.25, -0.2) is 0 Å². The van der Waals surface area contributed by atoms with E-state index in [1.807, 2.05) is 0 Å². The molecule has 0 unspecified atom stereocenters. The maximum Gasteiger partial charge on any atom is -0.0385 e. The van der Waals surface area contributed by atoms with Gasteiger partial charge in [0.15, 0.2) is 0 Å². The third kappa shape index (κ3) is 10.7. The van der Waals surface area contributed by atoms with Gasteiger partial charge in [0.2, 0.25) is 0 Å². The second kappa shape index (κ2) is 3.36. The van der Waals surface area contributed by atoms with Crippen LogP contribution in [0.3, 0.4) is 0 Å². The van der Waals surface area contributed by atoms with Crippen molar-refractivity contribution in [3.05, 3.63) is 0 Å². The minimum absolute atomic E-state index is 0. The first kappa shape index (κ1) is 10.4. The number of hydrogen-bond acceptors (Lipinski definition) is 0. The molecule has 0 aromatic heterocycles. The van der Waals surface area contributed by atoms with Gasteiger partial charge in [0.25, 0.3) is 0 Å². The smallest absolute Gasteiger partial charge is 0.0385 e. The zero-order chi connectivity index (χ0) is 5.21. The van der Waals surface area contributed by atoms with Gasteiger partial charge in [-0.2, -0.15) is 13.5 Å². The van der Waals surface area contributed by atoms with E-state index in [9.17, 15) is 0 Å². The molecule has 0 aromatic carbocycles. The van der Waals surface area contributed by atoms with Crippen LogP contribution in [0, 0.1) is 5.41 Å². The highest BCUT2D eigenvalue weighted by Gasteiger charge is 2.03. The highest BCUT2D eigenvalue weighted by atomic mass is 32.1. The molecule has 0 amide bonds. The lowest BCUT2D eigenvalue weighted by Gasteiger charge is -2.12. The summed E-state index contributed by atoms with van der Waals surface area (Å²) in [6, 6.07) is 0. The lowest BCUT2D eigenvalue weighted by molar-refractivity contribution is 0.398. The molecule has 0 bridgehead atoms. The van der Waals surface area contributed by atoms with E-state index in [4.69, 9.17) is 0 Å². The van der Waals surface area contributed by atoms with Gasteiger partial charge in [0, 0.05) is 0 Å². The molecule has 0 nitrogen and oxygen atoms in total. The third-order valence-electron chi connectivity index (χ3n) is 1.06. The van der Waals surface area contributed by atoms with Crippen LogP contribution in [0.25, 0.3) is 0 Å². The van der Waals surface area contributed by atoms with E-state index < -0.39 is 0 Å². The van der Waals surface area contributed by atoms with Gasteiger partial charge in [-0.15, -0.1) is 0 Å². The van der Waals surface area contributed by atoms with Crippen LogP contribution in [-0.4, -0.2) is 0 Å². The standard InChI is InChI=1S/C6H14.H2S/c1-5-6(2,3)4;/h5H2,1-4H3;1H2. The molecule has 0 spiro atoms. The summed E-state index contributed by atoms with van der Waals surface area (Å²) in [6.07, 6.45) is 1.27. The van der Waals surface area contributed by atoms with Crippen LogP contribution in [-0.2, 0) is 0 Å². The maximum atomic E-state index is 2.24. The van der Waals surface area contributed by atoms with E-state index in [-0.39, 0.29) is 13.5 Å². The Hall–Kier alpha value is 0.350. The summed E-state index contributed by atoms with van der Waals surface area (Å²) in [6.45, 7) is 8.94. The Morgan fingerprint density at radius 3 is 1.29 bits per heavy atom. The Bertz CT molecular complexity index is 33.9. The SMILES string of the molecule is CCC(C)(C)C.S. The minimum atomic E-state index is 0. The molecular formula is C6H16S. The molecule has 0 aliphatic rings. The highest BCUT2D eigenvalue weighted by Crippen LogP contribution is 2.16. The van der Waals surface area contributed by atoms with Crippen molar-refractivity contribution in [2.75, 3.05) is 0 Å². The van der Waals surface area contributed by atoms with Crippen molar-refractivity contribution in [3.63, 3.8) is 0 Å². The van der Waals surface area contributed by atoms with E-state index in [1.165, 1.54) is 6.42 Å². The van der Waals surface area contributed by atoms with Crippen molar-refractivity contribution in [2.24, 2.45) is 5.41 Å². The fraction of sp³-hybridized carbons (Fsp3) is 1.00. The quantitative estimate of drug-likeness (QED) is 0.461. The van der Waals surface area contributed by atoms with Gasteiger partial charge >= 0.3 is 0 Å². The van der Waals surface area contributed by atoms with Crippen molar-refractivity contribution >= 4 is 13.5 Å². The topological polar surface area (TPSA) is 0 Å². The Kier molecular flexibility index (Phi) is 4.98. The van der Waals surface area contributed by atoms with Crippen LogP contribution in [0.4, 0.5) is 0 Å². The average molecular weight is 120 g/mol. The normalized spacial score (nSPS) is 10.3. The number of rotatable bonds is 0. The van der Waals surface area contributed by atoms with Crippen LogP contribution in [0.2, 0.25) is 0 Å². The molecule has 0 radical (unpaired) electrons. The Morgan fingerprint density at radius 1 is 1.14 bits per heavy atom. The molecule has 0 fully saturated rings. The molecule has 0 aliphatic heterocycles. The maximum absolute atomic E-state index is 2.24. The lowest BCUT2D eigenvalue weighted by atomic mass is 9.94. The van der Waals surface area contributed by atoms with Crippen molar-refractivity contribution in [1.82, 2.24) is 0 Å². The monoisotopic (exact) mass is 120 g/mol. The number of hydrogen-bond donors (Lipinski definition) is 0. The van der Waals surface area contributed by atoms with Gasteiger partial charge in [-0.1, -0.05) is 34.1 Å².